The fourth-order valence-electron chi connectivity index (χ4n) is 1.53. The van der Waals surface area contributed by atoms with Crippen LogP contribution in [0.25, 0.3) is 0 Å². The first-order valence-electron chi connectivity index (χ1n) is 6.75. The molecule has 0 aromatic rings. The van der Waals surface area contributed by atoms with Gasteiger partial charge in [-0.2, -0.15) is 0 Å². The second-order valence-corrected chi connectivity index (χ2v) is 5.38. The number of rotatable bonds is 10. The number of hydrogen-bond acceptors (Lipinski definition) is 2. The molecule has 0 fully saturated rings. The first-order chi connectivity index (χ1) is 7.52. The van der Waals surface area contributed by atoms with Crippen molar-refractivity contribution < 1.29 is 9.47 Å². The maximum Gasteiger partial charge on any atom is 0.154 e. The first kappa shape index (κ1) is 15.9. The molecule has 16 heavy (non-hydrogen) atoms. The van der Waals surface area contributed by atoms with E-state index in [0.29, 0.717) is 0 Å². The third-order valence-electron chi connectivity index (χ3n) is 2.56. The summed E-state index contributed by atoms with van der Waals surface area (Å²) in [5.41, 5.74) is 0. The van der Waals surface area contributed by atoms with Crippen molar-refractivity contribution in [3.05, 3.63) is 0 Å². The van der Waals surface area contributed by atoms with Gasteiger partial charge < -0.3 is 9.47 Å². The van der Waals surface area contributed by atoms with Crippen LogP contribution in [0.4, 0.5) is 0 Å². The van der Waals surface area contributed by atoms with Crippen LogP contribution in [0.2, 0.25) is 0 Å². The minimum absolute atomic E-state index is 0.0423. The van der Waals surface area contributed by atoms with Crippen LogP contribution >= 0.6 is 0 Å². The zero-order valence-electron chi connectivity index (χ0n) is 11.8. The van der Waals surface area contributed by atoms with E-state index in [4.69, 9.17) is 9.47 Å². The molecule has 98 valence electrons. The van der Waals surface area contributed by atoms with Crippen molar-refractivity contribution in [1.82, 2.24) is 0 Å². The maximum atomic E-state index is 5.58. The molecular weight excluding hydrogens is 200 g/mol. The summed E-state index contributed by atoms with van der Waals surface area (Å²) in [6, 6.07) is 0. The molecule has 2 nitrogen and oxygen atoms in total. The van der Waals surface area contributed by atoms with Gasteiger partial charge in [0.1, 0.15) is 0 Å². The van der Waals surface area contributed by atoms with E-state index in [2.05, 4.69) is 27.7 Å². The molecule has 0 aliphatic rings. The fraction of sp³-hybridized carbons (Fsp3) is 1.00. The minimum Gasteiger partial charge on any atom is -0.353 e. The van der Waals surface area contributed by atoms with Gasteiger partial charge in [-0.25, -0.2) is 0 Å². The Balaban J connectivity index is 3.21. The molecule has 0 bridgehead atoms. The summed E-state index contributed by atoms with van der Waals surface area (Å²) < 4.78 is 11.2. The second kappa shape index (κ2) is 10.1. The summed E-state index contributed by atoms with van der Waals surface area (Å²) in [6.07, 6.45) is 4.70. The molecule has 0 rings (SSSR count). The zero-order chi connectivity index (χ0) is 12.4. The molecule has 0 amide bonds. The van der Waals surface area contributed by atoms with Crippen molar-refractivity contribution in [2.45, 2.75) is 66.6 Å². The lowest BCUT2D eigenvalue weighted by Gasteiger charge is -2.15. The normalized spacial score (nSPS) is 12.0. The summed E-state index contributed by atoms with van der Waals surface area (Å²) in [5, 5.41) is 0. The Labute approximate surface area is 102 Å². The standard InChI is InChI=1S/C14H30O2/c1-12(2)8-6-10-15-14(5)16-11-7-9-13(3)4/h12-14H,6-11H2,1-5H3. The largest absolute Gasteiger partial charge is 0.353 e. The van der Waals surface area contributed by atoms with Crippen LogP contribution in [0.3, 0.4) is 0 Å². The maximum absolute atomic E-state index is 5.58. The van der Waals surface area contributed by atoms with Crippen LogP contribution < -0.4 is 0 Å². The van der Waals surface area contributed by atoms with E-state index in [1.165, 1.54) is 12.8 Å². The lowest BCUT2D eigenvalue weighted by atomic mass is 10.1. The van der Waals surface area contributed by atoms with Crippen molar-refractivity contribution >= 4 is 0 Å². The van der Waals surface area contributed by atoms with Gasteiger partial charge in [0.25, 0.3) is 0 Å². The van der Waals surface area contributed by atoms with Gasteiger partial charge in [0.15, 0.2) is 6.29 Å². The zero-order valence-corrected chi connectivity index (χ0v) is 11.8. The van der Waals surface area contributed by atoms with Crippen molar-refractivity contribution in [3.8, 4) is 0 Å². The van der Waals surface area contributed by atoms with Crippen molar-refractivity contribution in [1.29, 1.82) is 0 Å². The Kier molecular flexibility index (Phi) is 10.0. The molecule has 0 saturated heterocycles. The van der Waals surface area contributed by atoms with Crippen LogP contribution in [0.1, 0.15) is 60.3 Å². The van der Waals surface area contributed by atoms with Crippen molar-refractivity contribution in [2.75, 3.05) is 13.2 Å². The lowest BCUT2D eigenvalue weighted by Crippen LogP contribution is -2.15. The van der Waals surface area contributed by atoms with Gasteiger partial charge in [-0.15, -0.1) is 0 Å². The number of hydrogen-bond donors (Lipinski definition) is 0. The van der Waals surface area contributed by atoms with E-state index in [9.17, 15) is 0 Å². The summed E-state index contributed by atoms with van der Waals surface area (Å²) in [4.78, 5) is 0. The Hall–Kier alpha value is -0.0800. The summed E-state index contributed by atoms with van der Waals surface area (Å²) in [7, 11) is 0. The Morgan fingerprint density at radius 3 is 1.38 bits per heavy atom. The fourth-order valence-corrected chi connectivity index (χ4v) is 1.53. The van der Waals surface area contributed by atoms with Gasteiger partial charge >= 0.3 is 0 Å². The van der Waals surface area contributed by atoms with Crippen molar-refractivity contribution in [3.63, 3.8) is 0 Å². The third kappa shape index (κ3) is 12.0. The average molecular weight is 230 g/mol. The molecule has 0 saturated carbocycles. The predicted octanol–water partition coefficient (Wildman–Crippen LogP) is 4.24. The summed E-state index contributed by atoms with van der Waals surface area (Å²) >= 11 is 0. The average Bonchev–Trinajstić information content (AvgIpc) is 2.19. The molecule has 2 heteroatoms. The molecule has 0 aromatic carbocycles. The first-order valence-corrected chi connectivity index (χ1v) is 6.75. The molecule has 0 N–H and O–H groups in total. The topological polar surface area (TPSA) is 18.5 Å². The summed E-state index contributed by atoms with van der Waals surface area (Å²) in [5.74, 6) is 1.54. The Bertz CT molecular complexity index is 128. The van der Waals surface area contributed by atoms with Crippen LogP contribution in [-0.4, -0.2) is 19.5 Å². The van der Waals surface area contributed by atoms with Crippen LogP contribution in [0.5, 0.6) is 0 Å². The van der Waals surface area contributed by atoms with Gasteiger partial charge in [-0.1, -0.05) is 27.7 Å². The van der Waals surface area contributed by atoms with Gasteiger partial charge in [0.05, 0.1) is 0 Å². The van der Waals surface area contributed by atoms with E-state index in [1.54, 1.807) is 0 Å². The van der Waals surface area contributed by atoms with Gasteiger partial charge in [-0.3, -0.25) is 0 Å². The van der Waals surface area contributed by atoms with Crippen LogP contribution in [0, 0.1) is 11.8 Å². The van der Waals surface area contributed by atoms with Crippen LogP contribution in [-0.2, 0) is 9.47 Å². The van der Waals surface area contributed by atoms with E-state index in [0.717, 1.165) is 37.9 Å². The molecular formula is C14H30O2. The van der Waals surface area contributed by atoms with Gasteiger partial charge in [-0.05, 0) is 44.4 Å². The van der Waals surface area contributed by atoms with Crippen LogP contribution in [0.15, 0.2) is 0 Å². The van der Waals surface area contributed by atoms with Gasteiger partial charge in [0, 0.05) is 13.2 Å². The van der Waals surface area contributed by atoms with Gasteiger partial charge in [0.2, 0.25) is 0 Å². The third-order valence-corrected chi connectivity index (χ3v) is 2.56. The monoisotopic (exact) mass is 230 g/mol. The molecule has 0 radical (unpaired) electrons. The molecule has 0 heterocycles. The molecule has 0 aliphatic carbocycles. The highest BCUT2D eigenvalue weighted by molar-refractivity contribution is 4.47. The molecule has 0 spiro atoms. The van der Waals surface area contributed by atoms with E-state index < -0.39 is 0 Å². The lowest BCUT2D eigenvalue weighted by molar-refractivity contribution is -0.132. The molecule has 0 aliphatic heterocycles. The van der Waals surface area contributed by atoms with E-state index >= 15 is 0 Å². The van der Waals surface area contributed by atoms with Crippen molar-refractivity contribution in [2.24, 2.45) is 11.8 Å². The number of ether oxygens (including phenoxy) is 2. The highest BCUT2D eigenvalue weighted by Gasteiger charge is 2.02. The highest BCUT2D eigenvalue weighted by atomic mass is 16.7. The molecule has 0 aromatic heterocycles. The highest BCUT2D eigenvalue weighted by Crippen LogP contribution is 2.07. The SMILES string of the molecule is CC(C)CCCOC(C)OCCCC(C)C. The predicted molar refractivity (Wildman–Crippen MR) is 69.5 cm³/mol. The molecule has 0 atom stereocenters. The van der Waals surface area contributed by atoms with E-state index in [1.807, 2.05) is 6.92 Å². The second-order valence-electron chi connectivity index (χ2n) is 5.38. The quantitative estimate of drug-likeness (QED) is 0.413. The minimum atomic E-state index is -0.0423. The summed E-state index contributed by atoms with van der Waals surface area (Å²) in [6.45, 7) is 12.6. The molecule has 0 unspecified atom stereocenters. The Morgan fingerprint density at radius 2 is 1.06 bits per heavy atom. The smallest absolute Gasteiger partial charge is 0.154 e. The Morgan fingerprint density at radius 1 is 0.688 bits per heavy atom. The van der Waals surface area contributed by atoms with E-state index in [-0.39, 0.29) is 6.29 Å².